The van der Waals surface area contributed by atoms with Crippen molar-refractivity contribution in [2.75, 3.05) is 7.11 Å². The zero-order valence-corrected chi connectivity index (χ0v) is 7.12. The third kappa shape index (κ3) is 2.30. The van der Waals surface area contributed by atoms with E-state index >= 15 is 0 Å². The van der Waals surface area contributed by atoms with Crippen molar-refractivity contribution in [3.8, 4) is 0 Å². The van der Waals surface area contributed by atoms with E-state index in [2.05, 4.69) is 4.84 Å². The largest absolute Gasteiger partial charge is 0.380 e. The number of methoxy groups -OCH3 is 1. The smallest absolute Gasteiger partial charge is 0.0933 e. The summed E-state index contributed by atoms with van der Waals surface area (Å²) in [6.45, 7) is 1.03. The van der Waals surface area contributed by atoms with Gasteiger partial charge in [0.25, 0.3) is 0 Å². The lowest BCUT2D eigenvalue weighted by Crippen LogP contribution is -2.02. The second kappa shape index (κ2) is 4.87. The molecular formula is C9H13NO2. The Morgan fingerprint density at radius 3 is 2.25 bits per heavy atom. The van der Waals surface area contributed by atoms with Gasteiger partial charge in [-0.05, 0) is 11.1 Å². The van der Waals surface area contributed by atoms with Gasteiger partial charge in [0.2, 0.25) is 0 Å². The monoisotopic (exact) mass is 167 g/mol. The zero-order chi connectivity index (χ0) is 8.81. The minimum atomic E-state index is 0.430. The van der Waals surface area contributed by atoms with Gasteiger partial charge in [-0.1, -0.05) is 24.3 Å². The van der Waals surface area contributed by atoms with Gasteiger partial charge in [-0.3, -0.25) is 4.84 Å². The van der Waals surface area contributed by atoms with Gasteiger partial charge in [0, 0.05) is 7.11 Å². The van der Waals surface area contributed by atoms with Gasteiger partial charge in [0.15, 0.2) is 0 Å². The highest BCUT2D eigenvalue weighted by molar-refractivity contribution is 5.25. The molecule has 1 rings (SSSR count). The maximum atomic E-state index is 5.02. The molecule has 0 fully saturated rings. The van der Waals surface area contributed by atoms with E-state index in [-0.39, 0.29) is 0 Å². The lowest BCUT2D eigenvalue weighted by atomic mass is 10.1. The van der Waals surface area contributed by atoms with Crippen LogP contribution in [0.2, 0.25) is 0 Å². The highest BCUT2D eigenvalue weighted by Crippen LogP contribution is 2.09. The van der Waals surface area contributed by atoms with Crippen molar-refractivity contribution in [3.63, 3.8) is 0 Å². The molecule has 66 valence electrons. The van der Waals surface area contributed by atoms with E-state index < -0.39 is 0 Å². The molecule has 0 radical (unpaired) electrons. The lowest BCUT2D eigenvalue weighted by molar-refractivity contribution is 0.120. The summed E-state index contributed by atoms with van der Waals surface area (Å²) in [5.74, 6) is 4.98. The molecule has 0 aliphatic heterocycles. The van der Waals surface area contributed by atoms with Gasteiger partial charge in [-0.15, -0.1) is 0 Å². The summed E-state index contributed by atoms with van der Waals surface area (Å²) in [5, 5.41) is 0. The van der Waals surface area contributed by atoms with Crippen LogP contribution in [-0.2, 0) is 22.8 Å². The first-order valence-corrected chi connectivity index (χ1v) is 3.76. The summed E-state index contributed by atoms with van der Waals surface area (Å²) in [6.07, 6.45) is 0. The molecule has 0 unspecified atom stereocenters. The van der Waals surface area contributed by atoms with E-state index in [1.54, 1.807) is 7.11 Å². The molecule has 3 heteroatoms. The molecule has 0 spiro atoms. The highest BCUT2D eigenvalue weighted by atomic mass is 16.6. The van der Waals surface area contributed by atoms with Crippen molar-refractivity contribution >= 4 is 0 Å². The molecule has 0 amide bonds. The second-order valence-electron chi connectivity index (χ2n) is 2.51. The Labute approximate surface area is 72.0 Å². The van der Waals surface area contributed by atoms with E-state index in [0.717, 1.165) is 11.1 Å². The van der Waals surface area contributed by atoms with Crippen LogP contribution >= 0.6 is 0 Å². The number of hydrogen-bond donors (Lipinski definition) is 1. The molecule has 0 heterocycles. The summed E-state index contributed by atoms with van der Waals surface area (Å²) in [6, 6.07) is 7.89. The molecule has 0 aliphatic carbocycles. The van der Waals surface area contributed by atoms with Crippen LogP contribution in [0, 0.1) is 0 Å². The van der Waals surface area contributed by atoms with Gasteiger partial charge in [-0.2, -0.15) is 0 Å². The quantitative estimate of drug-likeness (QED) is 0.686. The fraction of sp³-hybridized carbons (Fsp3) is 0.333. The molecule has 2 N–H and O–H groups in total. The molecule has 1 aromatic carbocycles. The van der Waals surface area contributed by atoms with Crippen LogP contribution in [-0.4, -0.2) is 7.11 Å². The topological polar surface area (TPSA) is 44.5 Å². The van der Waals surface area contributed by atoms with Crippen molar-refractivity contribution in [1.29, 1.82) is 0 Å². The predicted octanol–water partition coefficient (Wildman–Crippen LogP) is 1.22. The molecule has 12 heavy (non-hydrogen) atoms. The van der Waals surface area contributed by atoms with Gasteiger partial charge in [0.05, 0.1) is 13.2 Å². The molecule has 0 saturated heterocycles. The molecular weight excluding hydrogens is 154 g/mol. The Morgan fingerprint density at radius 1 is 1.17 bits per heavy atom. The van der Waals surface area contributed by atoms with Crippen LogP contribution < -0.4 is 5.90 Å². The third-order valence-electron chi connectivity index (χ3n) is 1.66. The maximum absolute atomic E-state index is 5.02. The maximum Gasteiger partial charge on any atom is 0.0933 e. The zero-order valence-electron chi connectivity index (χ0n) is 7.12. The predicted molar refractivity (Wildman–Crippen MR) is 46.1 cm³/mol. The Bertz CT molecular complexity index is 213. The van der Waals surface area contributed by atoms with E-state index in [4.69, 9.17) is 10.6 Å². The average molecular weight is 167 g/mol. The van der Waals surface area contributed by atoms with E-state index in [9.17, 15) is 0 Å². The molecule has 3 nitrogen and oxygen atoms in total. The van der Waals surface area contributed by atoms with Crippen LogP contribution in [0.1, 0.15) is 11.1 Å². The van der Waals surface area contributed by atoms with E-state index in [1.165, 1.54) is 0 Å². The van der Waals surface area contributed by atoms with Gasteiger partial charge >= 0.3 is 0 Å². The SMILES string of the molecule is COCc1ccccc1CON. The Hall–Kier alpha value is -0.900. The fourth-order valence-corrected chi connectivity index (χ4v) is 1.08. The molecule has 0 bridgehead atoms. The molecule has 0 saturated carbocycles. The number of hydrogen-bond acceptors (Lipinski definition) is 3. The van der Waals surface area contributed by atoms with Crippen LogP contribution in [0.5, 0.6) is 0 Å². The molecule has 0 atom stereocenters. The highest BCUT2D eigenvalue weighted by Gasteiger charge is 1.99. The fourth-order valence-electron chi connectivity index (χ4n) is 1.08. The number of nitrogens with two attached hydrogens (primary N) is 1. The molecule has 1 aromatic rings. The van der Waals surface area contributed by atoms with Gasteiger partial charge < -0.3 is 4.74 Å². The Kier molecular flexibility index (Phi) is 3.73. The molecule has 0 aliphatic rings. The summed E-state index contributed by atoms with van der Waals surface area (Å²) < 4.78 is 5.02. The van der Waals surface area contributed by atoms with E-state index in [1.807, 2.05) is 24.3 Å². The van der Waals surface area contributed by atoms with Crippen molar-refractivity contribution < 1.29 is 9.57 Å². The van der Waals surface area contributed by atoms with Crippen molar-refractivity contribution in [2.45, 2.75) is 13.2 Å². The molecule has 0 aromatic heterocycles. The van der Waals surface area contributed by atoms with E-state index in [0.29, 0.717) is 13.2 Å². The van der Waals surface area contributed by atoms with Crippen molar-refractivity contribution in [3.05, 3.63) is 35.4 Å². The van der Waals surface area contributed by atoms with Gasteiger partial charge in [0.1, 0.15) is 0 Å². The summed E-state index contributed by atoms with van der Waals surface area (Å²) in [4.78, 5) is 4.56. The minimum Gasteiger partial charge on any atom is -0.380 e. The summed E-state index contributed by atoms with van der Waals surface area (Å²) >= 11 is 0. The first-order valence-electron chi connectivity index (χ1n) is 3.76. The van der Waals surface area contributed by atoms with Crippen LogP contribution in [0.25, 0.3) is 0 Å². The van der Waals surface area contributed by atoms with Crippen molar-refractivity contribution in [1.82, 2.24) is 0 Å². The van der Waals surface area contributed by atoms with Crippen molar-refractivity contribution in [2.24, 2.45) is 5.90 Å². The summed E-state index contributed by atoms with van der Waals surface area (Å²) in [7, 11) is 1.67. The standard InChI is InChI=1S/C9H13NO2/c1-11-6-8-4-2-3-5-9(8)7-12-10/h2-5H,6-7,10H2,1H3. The number of ether oxygens (including phenoxy) is 1. The Morgan fingerprint density at radius 2 is 1.75 bits per heavy atom. The summed E-state index contributed by atoms with van der Waals surface area (Å²) in [5.41, 5.74) is 2.19. The lowest BCUT2D eigenvalue weighted by Gasteiger charge is -2.06. The second-order valence-corrected chi connectivity index (χ2v) is 2.51. The minimum absolute atomic E-state index is 0.430. The number of benzene rings is 1. The van der Waals surface area contributed by atoms with Gasteiger partial charge in [-0.25, -0.2) is 5.90 Å². The van der Waals surface area contributed by atoms with Crippen LogP contribution in [0.3, 0.4) is 0 Å². The number of rotatable bonds is 4. The average Bonchev–Trinajstić information content (AvgIpc) is 2.09. The normalized spacial score (nSPS) is 10.2. The van der Waals surface area contributed by atoms with Crippen LogP contribution in [0.15, 0.2) is 24.3 Å². The third-order valence-corrected chi connectivity index (χ3v) is 1.66. The Balaban J connectivity index is 2.77. The first-order chi connectivity index (χ1) is 5.88. The van der Waals surface area contributed by atoms with Crippen LogP contribution in [0.4, 0.5) is 0 Å². The first kappa shape index (κ1) is 9.19.